The summed E-state index contributed by atoms with van der Waals surface area (Å²) < 4.78 is 59.4. The molecule has 4 rings (SSSR count). The fourth-order valence-corrected chi connectivity index (χ4v) is 6.17. The van der Waals surface area contributed by atoms with Gasteiger partial charge in [-0.2, -0.15) is 13.2 Å². The summed E-state index contributed by atoms with van der Waals surface area (Å²) in [7, 11) is 1.28. The van der Waals surface area contributed by atoms with E-state index >= 15 is 0 Å². The van der Waals surface area contributed by atoms with Gasteiger partial charge in [0.15, 0.2) is 0 Å². The second kappa shape index (κ2) is 10.9. The van der Waals surface area contributed by atoms with Gasteiger partial charge in [-0.3, -0.25) is 0 Å². The van der Waals surface area contributed by atoms with Gasteiger partial charge in [0.1, 0.15) is 5.92 Å². The third-order valence-corrected chi connectivity index (χ3v) is 8.27. The number of halogens is 3. The number of rotatable bonds is 6. The van der Waals surface area contributed by atoms with Crippen LogP contribution in [0.15, 0.2) is 42.0 Å². The van der Waals surface area contributed by atoms with Crippen molar-refractivity contribution in [3.63, 3.8) is 0 Å². The molecule has 7 heteroatoms. The van der Waals surface area contributed by atoms with Crippen molar-refractivity contribution in [1.29, 1.82) is 0 Å². The molecule has 1 N–H and O–H groups in total. The van der Waals surface area contributed by atoms with E-state index in [0.29, 0.717) is 18.6 Å². The minimum Gasteiger partial charge on any atom is -0.388 e. The fraction of sp³-hybridized carbons (Fsp3) is 0.655. The van der Waals surface area contributed by atoms with Gasteiger partial charge in [-0.05, 0) is 74.8 Å². The molecule has 1 heterocycles. The maximum Gasteiger partial charge on any atom is 0.398 e. The standard InChI is InChI=1S/C29H37F3O4/c1-4-35-23-18-24(20-9-6-5-7-10-20)36-28(19-23)14-8-11-21(13-16-28)26(33)22-12-15-27(2,34-3)25(17-22)29(30,31)32/h6,9-10,12,15,17,21,23-26,33H,4,8,11,13-14,16,18-19H2,1-3H3. The predicted octanol–water partition coefficient (Wildman–Crippen LogP) is 6.30. The van der Waals surface area contributed by atoms with Crippen molar-refractivity contribution >= 4 is 0 Å². The summed E-state index contributed by atoms with van der Waals surface area (Å²) in [4.78, 5) is 0. The molecule has 1 saturated heterocycles. The number of aliphatic hydroxyl groups excluding tert-OH is 1. The molecule has 7 unspecified atom stereocenters. The van der Waals surface area contributed by atoms with Crippen LogP contribution in [0.1, 0.15) is 70.5 Å². The number of methoxy groups -OCH3 is 1. The molecular weight excluding hydrogens is 469 g/mol. The molecule has 0 aromatic heterocycles. The van der Waals surface area contributed by atoms with Gasteiger partial charge in [0.2, 0.25) is 0 Å². The Bertz CT molecular complexity index is 930. The summed E-state index contributed by atoms with van der Waals surface area (Å²) in [6.07, 6.45) is 4.05. The zero-order valence-corrected chi connectivity index (χ0v) is 21.3. The number of ether oxygens (including phenoxy) is 3. The smallest absolute Gasteiger partial charge is 0.388 e. The molecule has 1 spiro atoms. The molecule has 1 aliphatic heterocycles. The van der Waals surface area contributed by atoms with Crippen LogP contribution in [0.4, 0.5) is 13.2 Å². The van der Waals surface area contributed by atoms with Crippen molar-refractivity contribution in [2.45, 2.75) is 94.5 Å². The minimum atomic E-state index is -4.47. The van der Waals surface area contributed by atoms with Crippen molar-refractivity contribution < 1.29 is 32.5 Å². The van der Waals surface area contributed by atoms with Crippen LogP contribution >= 0.6 is 0 Å². The molecule has 1 saturated carbocycles. The van der Waals surface area contributed by atoms with Crippen molar-refractivity contribution in [2.24, 2.45) is 11.8 Å². The Morgan fingerprint density at radius 1 is 1.25 bits per heavy atom. The summed E-state index contributed by atoms with van der Waals surface area (Å²) in [6, 6.07) is 11.7. The fourth-order valence-electron chi connectivity index (χ4n) is 6.17. The number of hydrogen-bond acceptors (Lipinski definition) is 4. The van der Waals surface area contributed by atoms with E-state index in [0.717, 1.165) is 50.2 Å². The van der Waals surface area contributed by atoms with Gasteiger partial charge in [-0.25, -0.2) is 0 Å². The molecule has 0 radical (unpaired) electrons. The van der Waals surface area contributed by atoms with Crippen LogP contribution in [0, 0.1) is 24.0 Å². The number of hydrogen-bond donors (Lipinski definition) is 1. The second-order valence-electron chi connectivity index (χ2n) is 10.6. The number of alkyl halides is 3. The molecule has 198 valence electrons. The van der Waals surface area contributed by atoms with Gasteiger partial charge in [0.05, 0.1) is 29.5 Å². The monoisotopic (exact) mass is 506 g/mol. The van der Waals surface area contributed by atoms with E-state index in [4.69, 9.17) is 14.2 Å². The predicted molar refractivity (Wildman–Crippen MR) is 130 cm³/mol. The largest absolute Gasteiger partial charge is 0.398 e. The topological polar surface area (TPSA) is 47.9 Å². The van der Waals surface area contributed by atoms with Gasteiger partial charge >= 0.3 is 6.18 Å². The van der Waals surface area contributed by atoms with Gasteiger partial charge in [0.25, 0.3) is 0 Å². The Morgan fingerprint density at radius 2 is 2.06 bits per heavy atom. The molecule has 7 atom stereocenters. The first-order chi connectivity index (χ1) is 17.1. The van der Waals surface area contributed by atoms with Gasteiger partial charge < -0.3 is 19.3 Å². The van der Waals surface area contributed by atoms with E-state index < -0.39 is 23.8 Å². The lowest BCUT2D eigenvalue weighted by atomic mass is 9.78. The zero-order chi connectivity index (χ0) is 26.0. The first-order valence-electron chi connectivity index (χ1n) is 13.0. The SMILES string of the molecule is CCOC1CC(c2cc#ccc2)OC2(CCCC(C(O)C3=CC(C(F)(F)F)C(C)(OC)C=C3)CC2)C1. The second-order valence-corrected chi connectivity index (χ2v) is 10.6. The lowest BCUT2D eigenvalue weighted by molar-refractivity contribution is -0.203. The molecule has 1 aromatic carbocycles. The Morgan fingerprint density at radius 3 is 2.72 bits per heavy atom. The van der Waals surface area contributed by atoms with Crippen molar-refractivity contribution in [1.82, 2.24) is 0 Å². The lowest BCUT2D eigenvalue weighted by Gasteiger charge is -2.44. The summed E-state index contributed by atoms with van der Waals surface area (Å²) in [6.45, 7) is 4.05. The van der Waals surface area contributed by atoms with Crippen LogP contribution in [-0.4, -0.2) is 48.4 Å². The molecule has 2 fully saturated rings. The third-order valence-electron chi connectivity index (χ3n) is 8.27. The van der Waals surface area contributed by atoms with Gasteiger partial charge in [0, 0.05) is 26.6 Å². The van der Waals surface area contributed by atoms with Gasteiger partial charge in [-0.1, -0.05) is 36.8 Å². The lowest BCUT2D eigenvalue weighted by Crippen LogP contribution is -2.45. The Hall–Kier alpha value is -1.85. The Balaban J connectivity index is 1.50. The minimum absolute atomic E-state index is 0.0719. The molecular formula is C29H37F3O4. The highest BCUT2D eigenvalue weighted by Crippen LogP contribution is 2.48. The van der Waals surface area contributed by atoms with Crippen LogP contribution in [0.5, 0.6) is 0 Å². The first-order valence-corrected chi connectivity index (χ1v) is 13.0. The number of aliphatic hydroxyl groups is 1. The normalized spacial score (nSPS) is 36.1. The van der Waals surface area contributed by atoms with Crippen LogP contribution < -0.4 is 0 Å². The molecule has 3 aliphatic rings. The quantitative estimate of drug-likeness (QED) is 0.492. The van der Waals surface area contributed by atoms with Crippen LogP contribution in [-0.2, 0) is 14.2 Å². The summed E-state index contributed by atoms with van der Waals surface area (Å²) >= 11 is 0. The average Bonchev–Trinajstić information content (AvgIpc) is 3.06. The highest BCUT2D eigenvalue weighted by atomic mass is 19.4. The maximum absolute atomic E-state index is 13.8. The van der Waals surface area contributed by atoms with E-state index in [1.807, 2.05) is 25.1 Å². The maximum atomic E-state index is 13.8. The van der Waals surface area contributed by atoms with Crippen LogP contribution in [0.2, 0.25) is 0 Å². The third kappa shape index (κ3) is 5.83. The summed E-state index contributed by atoms with van der Waals surface area (Å²) in [5.41, 5.74) is -0.494. The van der Waals surface area contributed by atoms with E-state index in [2.05, 4.69) is 12.1 Å². The molecule has 1 aromatic rings. The highest BCUT2D eigenvalue weighted by molar-refractivity contribution is 5.34. The van der Waals surface area contributed by atoms with Crippen LogP contribution in [0.25, 0.3) is 0 Å². The molecule has 0 amide bonds. The van der Waals surface area contributed by atoms with E-state index in [9.17, 15) is 18.3 Å². The molecule has 36 heavy (non-hydrogen) atoms. The zero-order valence-electron chi connectivity index (χ0n) is 21.3. The van der Waals surface area contributed by atoms with Gasteiger partial charge in [-0.15, -0.1) is 0 Å². The molecule has 2 aliphatic carbocycles. The molecule has 0 bridgehead atoms. The van der Waals surface area contributed by atoms with E-state index in [1.54, 1.807) is 6.08 Å². The van der Waals surface area contributed by atoms with Crippen molar-refractivity contribution in [3.05, 3.63) is 59.7 Å². The Kier molecular flexibility index (Phi) is 8.21. The highest BCUT2D eigenvalue weighted by Gasteiger charge is 2.51. The molecule has 4 nitrogen and oxygen atoms in total. The van der Waals surface area contributed by atoms with Crippen molar-refractivity contribution in [2.75, 3.05) is 13.7 Å². The van der Waals surface area contributed by atoms with E-state index in [-0.39, 0.29) is 23.7 Å². The summed E-state index contributed by atoms with van der Waals surface area (Å²) in [5.74, 6) is -1.95. The average molecular weight is 507 g/mol. The summed E-state index contributed by atoms with van der Waals surface area (Å²) in [5, 5.41) is 11.2. The van der Waals surface area contributed by atoms with Crippen molar-refractivity contribution in [3.8, 4) is 0 Å². The Labute approximate surface area is 212 Å². The van der Waals surface area contributed by atoms with E-state index in [1.165, 1.54) is 20.1 Å². The first kappa shape index (κ1) is 27.2. The van der Waals surface area contributed by atoms with Crippen LogP contribution in [0.3, 0.4) is 0 Å².